The Kier molecular flexibility index (Phi) is 15.3. The van der Waals surface area contributed by atoms with E-state index in [9.17, 15) is 8.42 Å². The number of guanidine groups is 1. The molecule has 7 heteroatoms. The minimum absolute atomic E-state index is 0. The Bertz CT molecular complexity index is 465. The minimum atomic E-state index is -2.92. The van der Waals surface area contributed by atoms with E-state index >= 15 is 0 Å². The van der Waals surface area contributed by atoms with Gasteiger partial charge in [-0.1, -0.05) is 47.0 Å². The molecule has 0 fully saturated rings. The molecule has 0 aliphatic carbocycles. The Labute approximate surface area is 173 Å². The Morgan fingerprint density at radius 3 is 2.28 bits per heavy atom. The van der Waals surface area contributed by atoms with Gasteiger partial charge in [0.15, 0.2) is 5.96 Å². The first kappa shape index (κ1) is 27.2. The van der Waals surface area contributed by atoms with Gasteiger partial charge >= 0.3 is 0 Å². The summed E-state index contributed by atoms with van der Waals surface area (Å²) < 4.78 is 22.7. The SMILES string of the molecule is CCCCC(CC)CNC(=NCC(C)(C)CCS(C)(=O)=O)NCC.I. The van der Waals surface area contributed by atoms with Crippen molar-refractivity contribution in [3.8, 4) is 0 Å². The molecule has 0 aliphatic rings. The molecule has 0 saturated carbocycles. The largest absolute Gasteiger partial charge is 0.357 e. The molecule has 2 N–H and O–H groups in total. The van der Waals surface area contributed by atoms with Crippen LogP contribution in [0.5, 0.6) is 0 Å². The van der Waals surface area contributed by atoms with Gasteiger partial charge in [0.2, 0.25) is 0 Å². The second-order valence-corrected chi connectivity index (χ2v) is 9.80. The maximum absolute atomic E-state index is 11.4. The highest BCUT2D eigenvalue weighted by atomic mass is 127. The van der Waals surface area contributed by atoms with E-state index < -0.39 is 9.84 Å². The molecule has 5 nitrogen and oxygen atoms in total. The first-order valence-corrected chi connectivity index (χ1v) is 11.4. The second kappa shape index (κ2) is 14.1. The molecule has 0 bridgehead atoms. The third-order valence-electron chi connectivity index (χ3n) is 4.26. The maximum Gasteiger partial charge on any atom is 0.191 e. The van der Waals surface area contributed by atoms with Crippen molar-refractivity contribution >= 4 is 39.8 Å². The molecule has 1 atom stereocenters. The number of rotatable bonds is 12. The zero-order valence-electron chi connectivity index (χ0n) is 17.0. The van der Waals surface area contributed by atoms with Crippen LogP contribution >= 0.6 is 24.0 Å². The minimum Gasteiger partial charge on any atom is -0.357 e. The third kappa shape index (κ3) is 15.9. The summed E-state index contributed by atoms with van der Waals surface area (Å²) in [6, 6.07) is 0. The fourth-order valence-corrected chi connectivity index (χ4v) is 3.28. The van der Waals surface area contributed by atoms with Gasteiger partial charge in [-0.05, 0) is 31.1 Å². The Balaban J connectivity index is 0. The van der Waals surface area contributed by atoms with E-state index in [1.54, 1.807) is 0 Å². The van der Waals surface area contributed by atoms with Crippen LogP contribution in [-0.2, 0) is 9.84 Å². The molecule has 0 amide bonds. The number of halogens is 1. The van der Waals surface area contributed by atoms with Crippen molar-refractivity contribution in [1.29, 1.82) is 0 Å². The normalized spacial score (nSPS) is 13.9. The molecule has 0 aliphatic heterocycles. The average Bonchev–Trinajstić information content (AvgIpc) is 2.50. The zero-order valence-corrected chi connectivity index (χ0v) is 20.2. The van der Waals surface area contributed by atoms with Crippen LogP contribution < -0.4 is 10.6 Å². The predicted molar refractivity (Wildman–Crippen MR) is 121 cm³/mol. The van der Waals surface area contributed by atoms with E-state index in [1.807, 2.05) is 0 Å². The molecular weight excluding hydrogens is 449 g/mol. The number of hydrogen-bond acceptors (Lipinski definition) is 3. The number of aliphatic imine (C=N–C) groups is 1. The van der Waals surface area contributed by atoms with E-state index in [4.69, 9.17) is 0 Å². The molecule has 0 aromatic heterocycles. The van der Waals surface area contributed by atoms with Gasteiger partial charge in [-0.3, -0.25) is 4.99 Å². The number of hydrogen-bond donors (Lipinski definition) is 2. The highest BCUT2D eigenvalue weighted by Crippen LogP contribution is 2.21. The monoisotopic (exact) mass is 489 g/mol. The molecule has 0 saturated heterocycles. The van der Waals surface area contributed by atoms with Crippen LogP contribution in [0.2, 0.25) is 0 Å². The fourth-order valence-electron chi connectivity index (χ4n) is 2.36. The summed E-state index contributed by atoms with van der Waals surface area (Å²) in [4.78, 5) is 4.67. The van der Waals surface area contributed by atoms with Crippen LogP contribution in [0, 0.1) is 11.3 Å². The molecule has 0 radical (unpaired) electrons. The third-order valence-corrected chi connectivity index (χ3v) is 5.21. The first-order valence-electron chi connectivity index (χ1n) is 9.33. The highest BCUT2D eigenvalue weighted by molar-refractivity contribution is 14.0. The van der Waals surface area contributed by atoms with Gasteiger partial charge in [0, 0.05) is 25.9 Å². The summed E-state index contributed by atoms with van der Waals surface area (Å²) in [5.41, 5.74) is -0.127. The van der Waals surface area contributed by atoms with Crippen molar-refractivity contribution < 1.29 is 8.42 Å². The van der Waals surface area contributed by atoms with Crippen molar-refractivity contribution in [2.24, 2.45) is 16.3 Å². The summed E-state index contributed by atoms with van der Waals surface area (Å²) >= 11 is 0. The lowest BCUT2D eigenvalue weighted by molar-refractivity contribution is 0.365. The maximum atomic E-state index is 11.4. The van der Waals surface area contributed by atoms with E-state index in [0.29, 0.717) is 18.9 Å². The standard InChI is InChI=1S/C18H39N3O2S.HI/c1-7-10-11-16(8-2)14-20-17(19-9-3)21-15-18(4,5)12-13-24(6,22)23;/h16H,7-15H2,1-6H3,(H2,19,20,21);1H. The van der Waals surface area contributed by atoms with Gasteiger partial charge in [-0.25, -0.2) is 8.42 Å². The number of nitrogens with one attached hydrogen (secondary N) is 2. The Morgan fingerprint density at radius 2 is 1.80 bits per heavy atom. The van der Waals surface area contributed by atoms with Crippen LogP contribution in [0.25, 0.3) is 0 Å². The van der Waals surface area contributed by atoms with Crippen LogP contribution in [0.3, 0.4) is 0 Å². The molecule has 1 unspecified atom stereocenters. The van der Waals surface area contributed by atoms with Crippen LogP contribution in [0.4, 0.5) is 0 Å². The van der Waals surface area contributed by atoms with Gasteiger partial charge in [-0.2, -0.15) is 0 Å². The second-order valence-electron chi connectivity index (χ2n) is 7.54. The molecule has 0 heterocycles. The summed E-state index contributed by atoms with van der Waals surface area (Å²) in [6.45, 7) is 13.0. The van der Waals surface area contributed by atoms with E-state index in [-0.39, 0.29) is 35.1 Å². The van der Waals surface area contributed by atoms with Crippen molar-refractivity contribution in [2.75, 3.05) is 31.6 Å². The quantitative estimate of drug-likeness (QED) is 0.248. The lowest BCUT2D eigenvalue weighted by Gasteiger charge is -2.23. The van der Waals surface area contributed by atoms with E-state index in [1.165, 1.54) is 31.9 Å². The number of sulfone groups is 1. The average molecular weight is 490 g/mol. The summed E-state index contributed by atoms with van der Waals surface area (Å²) in [5, 5.41) is 6.73. The van der Waals surface area contributed by atoms with Gasteiger partial charge < -0.3 is 10.6 Å². The topological polar surface area (TPSA) is 70.6 Å². The van der Waals surface area contributed by atoms with Gasteiger partial charge in [0.1, 0.15) is 9.84 Å². The number of unbranched alkanes of at least 4 members (excludes halogenated alkanes) is 1. The lowest BCUT2D eigenvalue weighted by Crippen LogP contribution is -2.40. The van der Waals surface area contributed by atoms with Crippen molar-refractivity contribution in [1.82, 2.24) is 10.6 Å². The van der Waals surface area contributed by atoms with Gasteiger partial charge in [0.25, 0.3) is 0 Å². The molecule has 25 heavy (non-hydrogen) atoms. The smallest absolute Gasteiger partial charge is 0.191 e. The highest BCUT2D eigenvalue weighted by Gasteiger charge is 2.20. The van der Waals surface area contributed by atoms with Crippen LogP contribution in [0.1, 0.15) is 66.7 Å². The molecule has 0 aromatic rings. The number of nitrogens with zero attached hydrogens (tertiary/aromatic N) is 1. The molecular formula is C18H40IN3O2S. The molecule has 152 valence electrons. The van der Waals surface area contributed by atoms with Crippen molar-refractivity contribution in [2.45, 2.75) is 66.7 Å². The Hall–Kier alpha value is -0.0500. The Morgan fingerprint density at radius 1 is 1.16 bits per heavy atom. The molecule has 0 spiro atoms. The predicted octanol–water partition coefficient (Wildman–Crippen LogP) is 3.84. The van der Waals surface area contributed by atoms with Crippen LogP contribution in [0.15, 0.2) is 4.99 Å². The molecule has 0 rings (SSSR count). The first-order chi connectivity index (χ1) is 11.1. The van der Waals surface area contributed by atoms with Crippen molar-refractivity contribution in [3.63, 3.8) is 0 Å². The van der Waals surface area contributed by atoms with Crippen molar-refractivity contribution in [3.05, 3.63) is 0 Å². The van der Waals surface area contributed by atoms with Gasteiger partial charge in [0.05, 0.1) is 5.75 Å². The summed E-state index contributed by atoms with van der Waals surface area (Å²) in [6.07, 6.45) is 6.85. The van der Waals surface area contributed by atoms with E-state index in [2.05, 4.69) is 50.2 Å². The summed E-state index contributed by atoms with van der Waals surface area (Å²) in [5.74, 6) is 1.72. The summed E-state index contributed by atoms with van der Waals surface area (Å²) in [7, 11) is -2.92. The van der Waals surface area contributed by atoms with Crippen LogP contribution in [-0.4, -0.2) is 46.0 Å². The lowest BCUT2D eigenvalue weighted by atomic mass is 9.90. The zero-order chi connectivity index (χ0) is 18.6. The molecule has 0 aromatic carbocycles. The van der Waals surface area contributed by atoms with Gasteiger partial charge in [-0.15, -0.1) is 24.0 Å². The fraction of sp³-hybridized carbons (Fsp3) is 0.944. The van der Waals surface area contributed by atoms with E-state index in [0.717, 1.165) is 19.0 Å².